The molecule has 11 nitrogen and oxygen atoms in total. The summed E-state index contributed by atoms with van der Waals surface area (Å²) in [7, 11) is -2.81. The number of hydrazone groups is 1. The summed E-state index contributed by atoms with van der Waals surface area (Å²) >= 11 is 6.21. The molecule has 0 saturated carbocycles. The van der Waals surface area contributed by atoms with E-state index in [0.29, 0.717) is 0 Å². The van der Waals surface area contributed by atoms with Crippen molar-refractivity contribution in [2.75, 3.05) is 11.8 Å². The van der Waals surface area contributed by atoms with E-state index in [1.165, 1.54) is 24.2 Å². The zero-order chi connectivity index (χ0) is 23.5. The first-order valence-electron chi connectivity index (χ1n) is 8.56. The van der Waals surface area contributed by atoms with E-state index < -0.39 is 39.0 Å². The number of nitrogens with zero attached hydrogens (tertiary/aromatic N) is 3. The quantitative estimate of drug-likeness (QED) is 0.482. The van der Waals surface area contributed by atoms with Gasteiger partial charge in [0.1, 0.15) is 5.69 Å². The Morgan fingerprint density at radius 3 is 2.53 bits per heavy atom. The number of sulfonamides is 1. The fraction of sp³-hybridized carbons (Fsp3) is 0.118. The van der Waals surface area contributed by atoms with Crippen molar-refractivity contribution in [2.45, 2.75) is 11.5 Å². The van der Waals surface area contributed by atoms with Crippen LogP contribution in [-0.2, 0) is 10.0 Å². The van der Waals surface area contributed by atoms with Crippen LogP contribution < -0.4 is 25.8 Å². The highest BCUT2D eigenvalue weighted by molar-refractivity contribution is 7.92. The molecule has 1 amide bonds. The summed E-state index contributed by atoms with van der Waals surface area (Å²) in [6.07, 6.45) is 0. The summed E-state index contributed by atoms with van der Waals surface area (Å²) in [6.45, 7) is -3.29. The minimum absolute atomic E-state index is 0.0682. The molecule has 1 heterocycles. The van der Waals surface area contributed by atoms with Crippen LogP contribution in [0.1, 0.15) is 15.9 Å². The van der Waals surface area contributed by atoms with E-state index in [-0.39, 0.29) is 22.0 Å². The maximum Gasteiger partial charge on any atom is 0.387 e. The van der Waals surface area contributed by atoms with Gasteiger partial charge in [-0.25, -0.2) is 14.0 Å². The Kier molecular flexibility index (Phi) is 6.63. The van der Waals surface area contributed by atoms with Gasteiger partial charge in [0.2, 0.25) is 5.96 Å². The number of alkyl halides is 2. The summed E-state index contributed by atoms with van der Waals surface area (Å²) in [6, 6.07) is 8.72. The molecular weight excluding hydrogens is 472 g/mol. The maximum absolute atomic E-state index is 12.9. The number of rotatable bonds is 6. The van der Waals surface area contributed by atoms with Gasteiger partial charge in [0.15, 0.2) is 5.75 Å². The number of guanidine groups is 1. The number of carbonyl (C=O) groups is 1. The van der Waals surface area contributed by atoms with Gasteiger partial charge in [0, 0.05) is 7.05 Å². The number of hydrogen-bond donors (Lipinski definition) is 4. The molecule has 0 spiro atoms. The van der Waals surface area contributed by atoms with Crippen molar-refractivity contribution < 1.29 is 26.7 Å². The molecule has 0 aromatic heterocycles. The highest BCUT2D eigenvalue weighted by Gasteiger charge is 2.26. The third-order valence-electron chi connectivity index (χ3n) is 4.02. The Morgan fingerprint density at radius 1 is 1.28 bits per heavy atom. The van der Waals surface area contributed by atoms with Gasteiger partial charge in [-0.2, -0.15) is 14.0 Å². The molecular formula is C17H14ClF2N7O4S. The largest absolute Gasteiger partial charge is 0.433 e. The minimum atomic E-state index is -4.35. The summed E-state index contributed by atoms with van der Waals surface area (Å²) in [5, 5.41) is 15.9. The molecule has 0 aliphatic carbocycles. The molecule has 0 atom stereocenters. The van der Waals surface area contributed by atoms with E-state index in [2.05, 4.69) is 30.9 Å². The number of carbonyl (C=O) groups excluding carboxylic acids is 1. The van der Waals surface area contributed by atoms with Crippen molar-refractivity contribution in [3.63, 3.8) is 0 Å². The molecule has 32 heavy (non-hydrogen) atoms. The number of anilines is 1. The van der Waals surface area contributed by atoms with Gasteiger partial charge in [-0.05, 0) is 36.4 Å². The van der Waals surface area contributed by atoms with E-state index in [1.54, 1.807) is 0 Å². The second-order valence-electron chi connectivity index (χ2n) is 6.09. The van der Waals surface area contributed by atoms with Crippen LogP contribution >= 0.6 is 11.6 Å². The zero-order valence-corrected chi connectivity index (χ0v) is 17.6. The van der Waals surface area contributed by atoms with E-state index in [0.717, 1.165) is 24.3 Å². The van der Waals surface area contributed by atoms with Gasteiger partial charge >= 0.3 is 6.61 Å². The fourth-order valence-electron chi connectivity index (χ4n) is 2.49. The molecule has 4 N–H and O–H groups in total. The number of nitriles is 1. The Balaban J connectivity index is 1.98. The smallest absolute Gasteiger partial charge is 0.387 e. The monoisotopic (exact) mass is 485 g/mol. The Morgan fingerprint density at radius 2 is 1.97 bits per heavy atom. The molecule has 3 rings (SSSR count). The standard InChI is InChI=1S/C17H14ClF2N7O4S/c1-27-17(23-25-26-27)22-15(28)11-6-7-12(31-16(19)20)14(13(11)18)24-32(29,30)10-4-2-9(8-21)3-5-10/h2-7,16,24-26H,1H3,(H,22,23,28). The van der Waals surface area contributed by atoms with Crippen LogP contribution in [0.3, 0.4) is 0 Å². The lowest BCUT2D eigenvalue weighted by Gasteiger charge is -2.17. The lowest BCUT2D eigenvalue weighted by atomic mass is 10.1. The number of hydrogen-bond acceptors (Lipinski definition) is 9. The van der Waals surface area contributed by atoms with Gasteiger partial charge in [-0.1, -0.05) is 11.6 Å². The highest BCUT2D eigenvalue weighted by Crippen LogP contribution is 2.37. The van der Waals surface area contributed by atoms with Crippen LogP contribution in [0.15, 0.2) is 46.4 Å². The topological polar surface area (TPSA) is 148 Å². The van der Waals surface area contributed by atoms with Gasteiger partial charge in [-0.15, -0.1) is 10.6 Å². The van der Waals surface area contributed by atoms with Crippen LogP contribution in [0.5, 0.6) is 5.75 Å². The predicted molar refractivity (Wildman–Crippen MR) is 109 cm³/mol. The zero-order valence-electron chi connectivity index (χ0n) is 16.1. The molecule has 0 fully saturated rings. The van der Waals surface area contributed by atoms with Crippen LogP contribution in [0.25, 0.3) is 0 Å². The molecule has 1 aliphatic heterocycles. The van der Waals surface area contributed by atoms with Crippen molar-refractivity contribution >= 4 is 39.2 Å². The maximum atomic E-state index is 12.9. The Bertz CT molecular complexity index is 1220. The first kappa shape index (κ1) is 23.0. The molecule has 0 bridgehead atoms. The van der Waals surface area contributed by atoms with Crippen molar-refractivity contribution in [3.8, 4) is 11.8 Å². The lowest BCUT2D eigenvalue weighted by molar-refractivity contribution is -0.0493. The SMILES string of the molecule is CN1NNN=C1NC(=O)c1ccc(OC(F)F)c(NS(=O)(=O)c2ccc(C#N)cc2)c1Cl. The van der Waals surface area contributed by atoms with Crippen molar-refractivity contribution in [2.24, 2.45) is 5.10 Å². The third-order valence-corrected chi connectivity index (χ3v) is 5.78. The highest BCUT2D eigenvalue weighted by atomic mass is 35.5. The second-order valence-corrected chi connectivity index (χ2v) is 8.15. The third kappa shape index (κ3) is 4.97. The average Bonchev–Trinajstić information content (AvgIpc) is 3.14. The van der Waals surface area contributed by atoms with Crippen LogP contribution in [0.2, 0.25) is 5.02 Å². The second kappa shape index (κ2) is 9.22. The summed E-state index contributed by atoms with van der Waals surface area (Å²) in [5.74, 6) is -1.33. The Labute approximate surface area is 185 Å². The van der Waals surface area contributed by atoms with Crippen molar-refractivity contribution in [1.82, 2.24) is 21.4 Å². The van der Waals surface area contributed by atoms with E-state index in [9.17, 15) is 22.0 Å². The van der Waals surface area contributed by atoms with E-state index in [4.69, 9.17) is 16.9 Å². The Hall–Kier alpha value is -3.67. The van der Waals surface area contributed by atoms with Crippen molar-refractivity contribution in [3.05, 3.63) is 52.5 Å². The molecule has 0 saturated heterocycles. The van der Waals surface area contributed by atoms with Gasteiger partial charge < -0.3 is 4.74 Å². The first-order valence-corrected chi connectivity index (χ1v) is 10.4. The number of halogens is 3. The fourth-order valence-corrected chi connectivity index (χ4v) is 3.92. The molecule has 0 unspecified atom stereocenters. The van der Waals surface area contributed by atoms with Crippen LogP contribution in [-0.4, -0.2) is 39.0 Å². The molecule has 2 aromatic carbocycles. The molecule has 2 aromatic rings. The summed E-state index contributed by atoms with van der Waals surface area (Å²) < 4.78 is 57.6. The predicted octanol–water partition coefficient (Wildman–Crippen LogP) is 1.57. The number of hydrazine groups is 2. The van der Waals surface area contributed by atoms with Crippen LogP contribution in [0.4, 0.5) is 14.5 Å². The number of ether oxygens (including phenoxy) is 1. The van der Waals surface area contributed by atoms with Gasteiger partial charge in [-0.3, -0.25) is 19.8 Å². The van der Waals surface area contributed by atoms with Crippen LogP contribution in [0, 0.1) is 11.3 Å². The van der Waals surface area contributed by atoms with E-state index >= 15 is 0 Å². The normalized spacial score (nSPS) is 13.2. The molecule has 1 aliphatic rings. The lowest BCUT2D eigenvalue weighted by Crippen LogP contribution is -2.45. The van der Waals surface area contributed by atoms with Gasteiger partial charge in [0.05, 0.1) is 27.1 Å². The number of nitrogens with one attached hydrogen (secondary N) is 4. The minimum Gasteiger partial charge on any atom is -0.433 e. The van der Waals surface area contributed by atoms with Gasteiger partial charge in [0.25, 0.3) is 15.9 Å². The molecule has 15 heteroatoms. The number of amides is 1. The molecule has 0 radical (unpaired) electrons. The van der Waals surface area contributed by atoms with Crippen molar-refractivity contribution in [1.29, 1.82) is 5.26 Å². The first-order chi connectivity index (χ1) is 15.1. The van der Waals surface area contributed by atoms with E-state index in [1.807, 2.05) is 6.07 Å². The number of benzene rings is 2. The average molecular weight is 486 g/mol. The molecule has 168 valence electrons. The summed E-state index contributed by atoms with van der Waals surface area (Å²) in [4.78, 5) is 12.3. The summed E-state index contributed by atoms with van der Waals surface area (Å²) in [5.41, 5.74) is 4.36.